The first-order valence-corrected chi connectivity index (χ1v) is 6.70. The zero-order valence-electron chi connectivity index (χ0n) is 11.7. The molecule has 4 N–H and O–H groups in total. The lowest BCUT2D eigenvalue weighted by molar-refractivity contribution is -0.0106. The molecule has 0 saturated heterocycles. The predicted molar refractivity (Wildman–Crippen MR) is 72.0 cm³/mol. The summed E-state index contributed by atoms with van der Waals surface area (Å²) in [7, 11) is 0. The van der Waals surface area contributed by atoms with Crippen molar-refractivity contribution in [1.82, 2.24) is 0 Å². The second-order valence-corrected chi connectivity index (χ2v) is 3.67. The molecule has 19 heavy (non-hydrogen) atoms. The monoisotopic (exact) mass is 280 g/mol. The van der Waals surface area contributed by atoms with Crippen LogP contribution in [0.4, 0.5) is 0 Å². The minimum absolute atomic E-state index is 0.229. The third-order valence-electron chi connectivity index (χ3n) is 2.10. The maximum atomic E-state index is 5.33. The Morgan fingerprint density at radius 2 is 0.842 bits per heavy atom. The summed E-state index contributed by atoms with van der Waals surface area (Å²) in [4.78, 5) is 0. The summed E-state index contributed by atoms with van der Waals surface area (Å²) in [5.74, 6) is 0. The van der Waals surface area contributed by atoms with Gasteiger partial charge in [-0.1, -0.05) is 0 Å². The Labute approximate surface area is 115 Å². The first kappa shape index (κ1) is 18.7. The molecule has 0 amide bonds. The van der Waals surface area contributed by atoms with Crippen LogP contribution in [0.2, 0.25) is 0 Å². The maximum Gasteiger partial charge on any atom is 0.0941 e. The van der Waals surface area contributed by atoms with Crippen LogP contribution < -0.4 is 11.5 Å². The van der Waals surface area contributed by atoms with Crippen LogP contribution in [0.1, 0.15) is 6.42 Å². The molecule has 0 atom stereocenters. The normalized spacial score (nSPS) is 11.1. The molecule has 0 aromatic carbocycles. The highest BCUT2D eigenvalue weighted by molar-refractivity contribution is 4.37. The van der Waals surface area contributed by atoms with Gasteiger partial charge in [0.1, 0.15) is 0 Å². The lowest BCUT2D eigenvalue weighted by atomic mass is 10.5. The number of hydrogen-bond donors (Lipinski definition) is 2. The summed E-state index contributed by atoms with van der Waals surface area (Å²) in [5.41, 5.74) is 10.5. The SMILES string of the molecule is NCCCOCCOCCOCCOCCOCN. The molecule has 0 heterocycles. The summed E-state index contributed by atoms with van der Waals surface area (Å²) >= 11 is 0. The third-order valence-corrected chi connectivity index (χ3v) is 2.10. The topological polar surface area (TPSA) is 98.2 Å². The molecule has 0 rings (SSSR count). The second-order valence-electron chi connectivity index (χ2n) is 3.67. The number of ether oxygens (including phenoxy) is 5. The van der Waals surface area contributed by atoms with E-state index in [1.54, 1.807) is 0 Å². The van der Waals surface area contributed by atoms with Crippen LogP contribution in [0.3, 0.4) is 0 Å². The van der Waals surface area contributed by atoms with Gasteiger partial charge in [-0.25, -0.2) is 0 Å². The van der Waals surface area contributed by atoms with E-state index in [0.717, 1.165) is 6.42 Å². The van der Waals surface area contributed by atoms with Gasteiger partial charge in [-0.05, 0) is 13.0 Å². The smallest absolute Gasteiger partial charge is 0.0941 e. The van der Waals surface area contributed by atoms with Gasteiger partial charge in [0, 0.05) is 6.61 Å². The van der Waals surface area contributed by atoms with E-state index in [2.05, 4.69) is 0 Å². The Bertz CT molecular complexity index is 147. The molecule has 0 aliphatic carbocycles. The van der Waals surface area contributed by atoms with Gasteiger partial charge < -0.3 is 35.2 Å². The highest BCUT2D eigenvalue weighted by atomic mass is 16.6. The Balaban J connectivity index is 2.88. The lowest BCUT2D eigenvalue weighted by Gasteiger charge is -2.07. The largest absolute Gasteiger partial charge is 0.379 e. The number of nitrogens with two attached hydrogens (primary N) is 2. The fourth-order valence-corrected chi connectivity index (χ4v) is 1.15. The van der Waals surface area contributed by atoms with Gasteiger partial charge in [0.05, 0.1) is 59.6 Å². The highest BCUT2D eigenvalue weighted by Crippen LogP contribution is 1.84. The summed E-state index contributed by atoms with van der Waals surface area (Å²) in [5, 5.41) is 0. The van der Waals surface area contributed by atoms with Crippen LogP contribution in [-0.2, 0) is 23.7 Å². The molecule has 0 unspecified atom stereocenters. The molecule has 0 fully saturated rings. The zero-order chi connectivity index (χ0) is 14.0. The van der Waals surface area contributed by atoms with Crippen LogP contribution in [0.25, 0.3) is 0 Å². The van der Waals surface area contributed by atoms with Gasteiger partial charge in [0.15, 0.2) is 0 Å². The molecule has 7 nitrogen and oxygen atoms in total. The summed E-state index contributed by atoms with van der Waals surface area (Å²) < 4.78 is 26.1. The Hall–Kier alpha value is -0.280. The van der Waals surface area contributed by atoms with Crippen LogP contribution in [0.15, 0.2) is 0 Å². The van der Waals surface area contributed by atoms with Crippen molar-refractivity contribution in [3.63, 3.8) is 0 Å². The minimum Gasteiger partial charge on any atom is -0.379 e. The average Bonchev–Trinajstić information content (AvgIpc) is 2.43. The Morgan fingerprint density at radius 1 is 0.474 bits per heavy atom. The van der Waals surface area contributed by atoms with Gasteiger partial charge in [0.25, 0.3) is 0 Å². The molecule has 0 saturated carbocycles. The maximum absolute atomic E-state index is 5.33. The lowest BCUT2D eigenvalue weighted by Crippen LogP contribution is -2.14. The highest BCUT2D eigenvalue weighted by Gasteiger charge is 1.92. The van der Waals surface area contributed by atoms with E-state index in [1.807, 2.05) is 0 Å². The molecular formula is C12H28N2O5. The van der Waals surface area contributed by atoms with E-state index < -0.39 is 0 Å². The number of hydrogen-bond acceptors (Lipinski definition) is 7. The fraction of sp³-hybridized carbons (Fsp3) is 1.00. The molecule has 0 aromatic heterocycles. The molecular weight excluding hydrogens is 252 g/mol. The van der Waals surface area contributed by atoms with Crippen molar-refractivity contribution < 1.29 is 23.7 Å². The minimum atomic E-state index is 0.229. The van der Waals surface area contributed by atoms with Gasteiger partial charge >= 0.3 is 0 Å². The van der Waals surface area contributed by atoms with Crippen LogP contribution in [0, 0.1) is 0 Å². The van der Waals surface area contributed by atoms with Gasteiger partial charge in [-0.15, -0.1) is 0 Å². The van der Waals surface area contributed by atoms with Crippen molar-refractivity contribution in [2.75, 3.05) is 72.7 Å². The van der Waals surface area contributed by atoms with Crippen LogP contribution >= 0.6 is 0 Å². The summed E-state index contributed by atoms with van der Waals surface area (Å²) in [6.07, 6.45) is 0.888. The van der Waals surface area contributed by atoms with E-state index in [9.17, 15) is 0 Å². The summed E-state index contributed by atoms with van der Waals surface area (Å²) in [6, 6.07) is 0. The molecule has 0 aliphatic heterocycles. The zero-order valence-corrected chi connectivity index (χ0v) is 11.7. The third kappa shape index (κ3) is 17.7. The van der Waals surface area contributed by atoms with Crippen LogP contribution in [0.5, 0.6) is 0 Å². The second kappa shape index (κ2) is 17.7. The van der Waals surface area contributed by atoms with Gasteiger partial charge in [-0.3, -0.25) is 0 Å². The molecule has 0 bridgehead atoms. The van der Waals surface area contributed by atoms with Crippen molar-refractivity contribution in [2.45, 2.75) is 6.42 Å². The molecule has 0 aliphatic rings. The van der Waals surface area contributed by atoms with E-state index in [0.29, 0.717) is 66.0 Å². The Kier molecular flexibility index (Phi) is 17.5. The van der Waals surface area contributed by atoms with Crippen molar-refractivity contribution in [3.05, 3.63) is 0 Å². The van der Waals surface area contributed by atoms with E-state index in [1.165, 1.54) is 0 Å². The standard InChI is InChI=1S/C12H28N2O5/c13-2-1-3-15-4-5-16-6-7-17-8-9-18-10-11-19-12-14/h1-14H2. The molecule has 0 spiro atoms. The van der Waals surface area contributed by atoms with Crippen molar-refractivity contribution in [1.29, 1.82) is 0 Å². The molecule has 0 radical (unpaired) electrons. The Morgan fingerprint density at radius 3 is 1.21 bits per heavy atom. The van der Waals surface area contributed by atoms with Crippen molar-refractivity contribution >= 4 is 0 Å². The quantitative estimate of drug-likeness (QED) is 0.286. The molecule has 7 heteroatoms. The van der Waals surface area contributed by atoms with Gasteiger partial charge in [0.2, 0.25) is 0 Å². The molecule has 0 aromatic rings. The average molecular weight is 280 g/mol. The summed E-state index contributed by atoms with van der Waals surface area (Å²) in [6.45, 7) is 6.06. The van der Waals surface area contributed by atoms with E-state index >= 15 is 0 Å². The van der Waals surface area contributed by atoms with Gasteiger partial charge in [-0.2, -0.15) is 0 Å². The van der Waals surface area contributed by atoms with Crippen molar-refractivity contribution in [2.24, 2.45) is 11.5 Å². The van der Waals surface area contributed by atoms with E-state index in [-0.39, 0.29) is 6.73 Å². The first-order valence-electron chi connectivity index (χ1n) is 6.70. The molecule has 116 valence electrons. The first-order chi connectivity index (χ1) is 9.41. The van der Waals surface area contributed by atoms with E-state index in [4.69, 9.17) is 35.2 Å². The number of rotatable bonds is 16. The van der Waals surface area contributed by atoms with Crippen molar-refractivity contribution in [3.8, 4) is 0 Å². The fourth-order valence-electron chi connectivity index (χ4n) is 1.15. The van der Waals surface area contributed by atoms with Crippen LogP contribution in [-0.4, -0.2) is 72.7 Å². The predicted octanol–water partition coefficient (Wildman–Crippen LogP) is -0.666.